The fourth-order valence-corrected chi connectivity index (χ4v) is 1.50. The van der Waals surface area contributed by atoms with Crippen molar-refractivity contribution in [3.63, 3.8) is 0 Å². The van der Waals surface area contributed by atoms with Gasteiger partial charge >= 0.3 is 0 Å². The Labute approximate surface area is 72.8 Å². The zero-order valence-corrected chi connectivity index (χ0v) is 7.86. The Morgan fingerprint density at radius 3 is 2.82 bits per heavy atom. The highest BCUT2D eigenvalue weighted by molar-refractivity contribution is 6.18. The SMILES string of the molecule is CCC[C@]1(C)OC[C@@H](CCl)O1. The van der Waals surface area contributed by atoms with E-state index in [2.05, 4.69) is 6.92 Å². The van der Waals surface area contributed by atoms with E-state index in [4.69, 9.17) is 21.1 Å². The Morgan fingerprint density at radius 1 is 1.64 bits per heavy atom. The van der Waals surface area contributed by atoms with Crippen molar-refractivity contribution < 1.29 is 9.47 Å². The van der Waals surface area contributed by atoms with Crippen LogP contribution in [0.3, 0.4) is 0 Å². The van der Waals surface area contributed by atoms with Gasteiger partial charge in [0.15, 0.2) is 5.79 Å². The van der Waals surface area contributed by atoms with Crippen molar-refractivity contribution in [3.8, 4) is 0 Å². The molecule has 0 aromatic carbocycles. The van der Waals surface area contributed by atoms with E-state index < -0.39 is 0 Å². The van der Waals surface area contributed by atoms with Crippen molar-refractivity contribution in [2.45, 2.75) is 38.6 Å². The molecule has 2 atom stereocenters. The van der Waals surface area contributed by atoms with Crippen molar-refractivity contribution in [1.82, 2.24) is 0 Å². The van der Waals surface area contributed by atoms with Crippen molar-refractivity contribution in [3.05, 3.63) is 0 Å². The number of halogens is 1. The second kappa shape index (κ2) is 3.74. The summed E-state index contributed by atoms with van der Waals surface area (Å²) in [5.74, 6) is 0.160. The fourth-order valence-electron chi connectivity index (χ4n) is 1.35. The summed E-state index contributed by atoms with van der Waals surface area (Å²) < 4.78 is 11.1. The topological polar surface area (TPSA) is 18.5 Å². The molecule has 11 heavy (non-hydrogen) atoms. The molecule has 1 aliphatic heterocycles. The second-order valence-electron chi connectivity index (χ2n) is 3.09. The summed E-state index contributed by atoms with van der Waals surface area (Å²) in [6.07, 6.45) is 2.11. The first-order valence-electron chi connectivity index (χ1n) is 4.08. The van der Waals surface area contributed by atoms with E-state index in [9.17, 15) is 0 Å². The van der Waals surface area contributed by atoms with E-state index in [1.807, 2.05) is 6.92 Å². The standard InChI is InChI=1S/C8H15ClO2/c1-3-4-8(2)10-6-7(5-9)11-8/h7H,3-6H2,1-2H3/t7-,8-/m1/s1. The highest BCUT2D eigenvalue weighted by Crippen LogP contribution is 2.27. The molecule has 2 nitrogen and oxygen atoms in total. The van der Waals surface area contributed by atoms with Crippen molar-refractivity contribution in [1.29, 1.82) is 0 Å². The Kier molecular flexibility index (Phi) is 3.16. The molecule has 0 aliphatic carbocycles. The molecular formula is C8H15ClO2. The highest BCUT2D eigenvalue weighted by atomic mass is 35.5. The maximum atomic E-state index is 5.63. The predicted molar refractivity (Wildman–Crippen MR) is 44.9 cm³/mol. The van der Waals surface area contributed by atoms with Crippen molar-refractivity contribution in [2.75, 3.05) is 12.5 Å². The monoisotopic (exact) mass is 178 g/mol. The summed E-state index contributed by atoms with van der Waals surface area (Å²) in [4.78, 5) is 0. The summed E-state index contributed by atoms with van der Waals surface area (Å²) >= 11 is 5.63. The summed E-state index contributed by atoms with van der Waals surface area (Å²) in [5, 5.41) is 0. The molecule has 0 radical (unpaired) electrons. The first-order chi connectivity index (χ1) is 5.20. The molecule has 0 spiro atoms. The lowest BCUT2D eigenvalue weighted by atomic mass is 10.2. The molecule has 0 aromatic heterocycles. The van der Waals surface area contributed by atoms with E-state index >= 15 is 0 Å². The molecule has 1 aliphatic rings. The van der Waals surface area contributed by atoms with Gasteiger partial charge < -0.3 is 9.47 Å². The van der Waals surface area contributed by atoms with Crippen LogP contribution in [0.15, 0.2) is 0 Å². The molecule has 1 fully saturated rings. The first kappa shape index (κ1) is 9.30. The molecule has 0 aromatic rings. The molecule has 1 rings (SSSR count). The van der Waals surface area contributed by atoms with Gasteiger partial charge in [-0.2, -0.15) is 0 Å². The molecule has 0 unspecified atom stereocenters. The van der Waals surface area contributed by atoms with E-state index in [0.717, 1.165) is 12.8 Å². The third-order valence-electron chi connectivity index (χ3n) is 1.87. The van der Waals surface area contributed by atoms with Crippen LogP contribution in [0.4, 0.5) is 0 Å². The van der Waals surface area contributed by atoms with Crippen LogP contribution in [0.5, 0.6) is 0 Å². The van der Waals surface area contributed by atoms with Gasteiger partial charge in [-0.15, -0.1) is 11.6 Å². The maximum absolute atomic E-state index is 5.63. The van der Waals surface area contributed by atoms with Crippen LogP contribution < -0.4 is 0 Å². The lowest BCUT2D eigenvalue weighted by molar-refractivity contribution is -0.156. The number of ether oxygens (including phenoxy) is 2. The fraction of sp³-hybridized carbons (Fsp3) is 1.00. The Balaban J connectivity index is 2.37. The van der Waals surface area contributed by atoms with Crippen LogP contribution in [-0.2, 0) is 9.47 Å². The molecule has 66 valence electrons. The molecule has 0 amide bonds. The van der Waals surface area contributed by atoms with Gasteiger partial charge in [0.2, 0.25) is 0 Å². The average Bonchev–Trinajstić information content (AvgIpc) is 2.33. The van der Waals surface area contributed by atoms with Gasteiger partial charge in [0.1, 0.15) is 0 Å². The second-order valence-corrected chi connectivity index (χ2v) is 3.40. The maximum Gasteiger partial charge on any atom is 0.166 e. The van der Waals surface area contributed by atoms with Crippen LogP contribution in [0.25, 0.3) is 0 Å². The lowest BCUT2D eigenvalue weighted by Gasteiger charge is -2.21. The van der Waals surface area contributed by atoms with Crippen LogP contribution >= 0.6 is 11.6 Å². The zero-order valence-electron chi connectivity index (χ0n) is 7.10. The molecule has 3 heteroatoms. The van der Waals surface area contributed by atoms with Crippen LogP contribution in [0.1, 0.15) is 26.7 Å². The molecule has 0 bridgehead atoms. The Hall–Kier alpha value is 0.210. The van der Waals surface area contributed by atoms with Crippen molar-refractivity contribution in [2.24, 2.45) is 0 Å². The molecule has 0 N–H and O–H groups in total. The summed E-state index contributed by atoms with van der Waals surface area (Å²) in [6.45, 7) is 4.73. The first-order valence-corrected chi connectivity index (χ1v) is 4.61. The van der Waals surface area contributed by atoms with Crippen LogP contribution in [0.2, 0.25) is 0 Å². The molecular weight excluding hydrogens is 164 g/mol. The van der Waals surface area contributed by atoms with E-state index in [1.165, 1.54) is 0 Å². The molecule has 0 saturated carbocycles. The average molecular weight is 179 g/mol. The van der Waals surface area contributed by atoms with Gasteiger partial charge in [-0.3, -0.25) is 0 Å². The van der Waals surface area contributed by atoms with Crippen LogP contribution in [-0.4, -0.2) is 24.4 Å². The largest absolute Gasteiger partial charge is 0.347 e. The molecule has 1 saturated heterocycles. The minimum atomic E-state index is -0.367. The van der Waals surface area contributed by atoms with Gasteiger partial charge in [0.05, 0.1) is 18.6 Å². The Bertz CT molecular complexity index is 129. The normalized spacial score (nSPS) is 37.9. The highest BCUT2D eigenvalue weighted by Gasteiger charge is 2.35. The number of hydrogen-bond acceptors (Lipinski definition) is 2. The van der Waals surface area contributed by atoms with E-state index in [-0.39, 0.29) is 11.9 Å². The summed E-state index contributed by atoms with van der Waals surface area (Å²) in [7, 11) is 0. The van der Waals surface area contributed by atoms with Gasteiger partial charge in [-0.05, 0) is 6.92 Å². The lowest BCUT2D eigenvalue weighted by Crippen LogP contribution is -2.26. The number of alkyl halides is 1. The predicted octanol–water partition coefficient (Wildman–Crippen LogP) is 2.16. The smallest absolute Gasteiger partial charge is 0.166 e. The molecule has 1 heterocycles. The minimum Gasteiger partial charge on any atom is -0.347 e. The zero-order chi connectivity index (χ0) is 8.32. The van der Waals surface area contributed by atoms with E-state index in [1.54, 1.807) is 0 Å². The number of rotatable bonds is 3. The third-order valence-corrected chi connectivity index (χ3v) is 2.21. The van der Waals surface area contributed by atoms with Gasteiger partial charge in [-0.25, -0.2) is 0 Å². The number of hydrogen-bond donors (Lipinski definition) is 0. The summed E-state index contributed by atoms with van der Waals surface area (Å²) in [5.41, 5.74) is 0. The van der Waals surface area contributed by atoms with Gasteiger partial charge in [-0.1, -0.05) is 13.3 Å². The van der Waals surface area contributed by atoms with Gasteiger partial charge in [0, 0.05) is 6.42 Å². The van der Waals surface area contributed by atoms with Gasteiger partial charge in [0.25, 0.3) is 0 Å². The quantitative estimate of drug-likeness (QED) is 0.617. The Morgan fingerprint density at radius 2 is 2.36 bits per heavy atom. The van der Waals surface area contributed by atoms with Crippen LogP contribution in [0, 0.1) is 0 Å². The third kappa shape index (κ3) is 2.32. The summed E-state index contributed by atoms with van der Waals surface area (Å²) in [6, 6.07) is 0. The van der Waals surface area contributed by atoms with E-state index in [0.29, 0.717) is 12.5 Å². The minimum absolute atomic E-state index is 0.0909. The van der Waals surface area contributed by atoms with Crippen molar-refractivity contribution >= 4 is 11.6 Å².